The van der Waals surface area contributed by atoms with E-state index in [2.05, 4.69) is 10.6 Å². The van der Waals surface area contributed by atoms with Crippen molar-refractivity contribution in [1.29, 1.82) is 0 Å². The standard InChI is InChI=1S/C14H18ClFN2O2.ClH/c1-9-13(3-2-6-17-9)18-14(19)8-20-10-4-5-12(16)11(15)7-10;/h4-5,7,9,13,17H,2-3,6,8H2,1H3,(H,18,19);1H. The van der Waals surface area contributed by atoms with E-state index in [0.29, 0.717) is 5.75 Å². The van der Waals surface area contributed by atoms with E-state index in [1.54, 1.807) is 0 Å². The SMILES string of the molecule is CC1NCCCC1NC(=O)COc1ccc(F)c(Cl)c1.Cl. The molecule has 0 aliphatic carbocycles. The number of hydrogen-bond donors (Lipinski definition) is 2. The molecule has 1 aliphatic rings. The van der Waals surface area contributed by atoms with Crippen LogP contribution in [0, 0.1) is 5.82 Å². The second kappa shape index (κ2) is 8.41. The van der Waals surface area contributed by atoms with E-state index in [1.807, 2.05) is 6.92 Å². The van der Waals surface area contributed by atoms with Crippen LogP contribution in [0.5, 0.6) is 5.75 Å². The Kier molecular flexibility index (Phi) is 7.22. The first kappa shape index (κ1) is 18.0. The topological polar surface area (TPSA) is 50.4 Å². The third-order valence-corrected chi connectivity index (χ3v) is 3.66. The van der Waals surface area contributed by atoms with Crippen LogP contribution in [-0.2, 0) is 4.79 Å². The van der Waals surface area contributed by atoms with Gasteiger partial charge in [0.2, 0.25) is 0 Å². The smallest absolute Gasteiger partial charge is 0.258 e. The third kappa shape index (κ3) is 5.34. The monoisotopic (exact) mass is 336 g/mol. The molecule has 1 aromatic rings. The highest BCUT2D eigenvalue weighted by atomic mass is 35.5. The molecule has 1 aliphatic heterocycles. The van der Waals surface area contributed by atoms with Gasteiger partial charge in [0.25, 0.3) is 5.91 Å². The molecule has 1 fully saturated rings. The van der Waals surface area contributed by atoms with Crippen LogP contribution in [0.25, 0.3) is 0 Å². The van der Waals surface area contributed by atoms with Crippen LogP contribution in [0.4, 0.5) is 4.39 Å². The normalized spacial score (nSPS) is 21.3. The number of halogens is 3. The largest absolute Gasteiger partial charge is 0.484 e. The van der Waals surface area contributed by atoms with Crippen LogP contribution in [0.2, 0.25) is 5.02 Å². The molecule has 2 unspecified atom stereocenters. The molecular formula is C14H19Cl2FN2O2. The number of ether oxygens (including phenoxy) is 1. The molecule has 118 valence electrons. The maximum Gasteiger partial charge on any atom is 0.258 e. The zero-order chi connectivity index (χ0) is 14.5. The quantitative estimate of drug-likeness (QED) is 0.888. The number of amides is 1. The summed E-state index contributed by atoms with van der Waals surface area (Å²) in [6, 6.07) is 4.39. The summed E-state index contributed by atoms with van der Waals surface area (Å²) >= 11 is 5.64. The molecule has 1 heterocycles. The van der Waals surface area contributed by atoms with Gasteiger partial charge in [0, 0.05) is 18.2 Å². The summed E-state index contributed by atoms with van der Waals surface area (Å²) < 4.78 is 18.3. The van der Waals surface area contributed by atoms with Crippen LogP contribution in [-0.4, -0.2) is 31.1 Å². The fourth-order valence-corrected chi connectivity index (χ4v) is 2.38. The number of hydrogen-bond acceptors (Lipinski definition) is 3. The van der Waals surface area contributed by atoms with Gasteiger partial charge in [-0.25, -0.2) is 4.39 Å². The molecule has 2 rings (SSSR count). The Labute approximate surface area is 134 Å². The summed E-state index contributed by atoms with van der Waals surface area (Å²) in [5.74, 6) is -0.321. The van der Waals surface area contributed by atoms with E-state index in [-0.39, 0.29) is 42.0 Å². The van der Waals surface area contributed by atoms with Gasteiger partial charge in [-0.15, -0.1) is 12.4 Å². The molecule has 0 saturated carbocycles. The van der Waals surface area contributed by atoms with Crippen molar-refractivity contribution in [2.75, 3.05) is 13.2 Å². The Hall–Kier alpha value is -1.04. The number of rotatable bonds is 4. The van der Waals surface area contributed by atoms with Gasteiger partial charge in [-0.1, -0.05) is 11.6 Å². The Morgan fingerprint density at radius 3 is 3.00 bits per heavy atom. The van der Waals surface area contributed by atoms with E-state index in [0.717, 1.165) is 19.4 Å². The first-order chi connectivity index (χ1) is 9.56. The van der Waals surface area contributed by atoms with Gasteiger partial charge in [0.05, 0.1) is 5.02 Å². The number of carbonyl (C=O) groups is 1. The Morgan fingerprint density at radius 2 is 2.33 bits per heavy atom. The summed E-state index contributed by atoms with van der Waals surface area (Å²) in [5, 5.41) is 6.22. The van der Waals surface area contributed by atoms with Crippen LogP contribution in [0.15, 0.2) is 18.2 Å². The van der Waals surface area contributed by atoms with Gasteiger partial charge in [0.1, 0.15) is 11.6 Å². The van der Waals surface area contributed by atoms with Crippen molar-refractivity contribution >= 4 is 29.9 Å². The molecule has 0 spiro atoms. The lowest BCUT2D eigenvalue weighted by Gasteiger charge is -2.30. The number of piperidine rings is 1. The van der Waals surface area contributed by atoms with Gasteiger partial charge in [0.15, 0.2) is 6.61 Å². The van der Waals surface area contributed by atoms with Crippen molar-refractivity contribution in [2.24, 2.45) is 0 Å². The molecule has 21 heavy (non-hydrogen) atoms. The fraction of sp³-hybridized carbons (Fsp3) is 0.500. The summed E-state index contributed by atoms with van der Waals surface area (Å²) in [5.41, 5.74) is 0. The fourth-order valence-electron chi connectivity index (χ4n) is 2.21. The summed E-state index contributed by atoms with van der Waals surface area (Å²) in [6.45, 7) is 2.92. The van der Waals surface area contributed by atoms with Crippen LogP contribution < -0.4 is 15.4 Å². The molecule has 2 atom stereocenters. The lowest BCUT2D eigenvalue weighted by molar-refractivity contribution is -0.124. The minimum atomic E-state index is -0.509. The van der Waals surface area contributed by atoms with Crippen LogP contribution in [0.3, 0.4) is 0 Å². The first-order valence-electron chi connectivity index (χ1n) is 6.67. The van der Waals surface area contributed by atoms with Gasteiger partial charge in [-0.3, -0.25) is 4.79 Å². The van der Waals surface area contributed by atoms with Gasteiger partial charge < -0.3 is 15.4 Å². The highest BCUT2D eigenvalue weighted by molar-refractivity contribution is 6.30. The van der Waals surface area contributed by atoms with Crippen molar-refractivity contribution in [2.45, 2.75) is 31.8 Å². The highest BCUT2D eigenvalue weighted by Gasteiger charge is 2.22. The zero-order valence-electron chi connectivity index (χ0n) is 11.7. The Balaban J connectivity index is 0.00000220. The predicted molar refractivity (Wildman–Crippen MR) is 82.8 cm³/mol. The molecule has 1 aromatic carbocycles. The van der Waals surface area contributed by atoms with Crippen LogP contribution >= 0.6 is 24.0 Å². The summed E-state index contributed by atoms with van der Waals surface area (Å²) in [7, 11) is 0. The van der Waals surface area contributed by atoms with Crippen molar-refractivity contribution < 1.29 is 13.9 Å². The highest BCUT2D eigenvalue weighted by Crippen LogP contribution is 2.20. The molecular weight excluding hydrogens is 318 g/mol. The van der Waals surface area contributed by atoms with E-state index < -0.39 is 5.82 Å². The molecule has 0 bridgehead atoms. The summed E-state index contributed by atoms with van der Waals surface area (Å²) in [4.78, 5) is 11.8. The van der Waals surface area contributed by atoms with E-state index in [9.17, 15) is 9.18 Å². The lowest BCUT2D eigenvalue weighted by Crippen LogP contribution is -2.52. The van der Waals surface area contributed by atoms with Crippen molar-refractivity contribution in [1.82, 2.24) is 10.6 Å². The van der Waals surface area contributed by atoms with Gasteiger partial charge in [-0.2, -0.15) is 0 Å². The minimum Gasteiger partial charge on any atom is -0.484 e. The van der Waals surface area contributed by atoms with Crippen molar-refractivity contribution in [3.05, 3.63) is 29.0 Å². The molecule has 0 radical (unpaired) electrons. The Morgan fingerprint density at radius 1 is 1.57 bits per heavy atom. The number of benzene rings is 1. The zero-order valence-corrected chi connectivity index (χ0v) is 13.3. The average molecular weight is 337 g/mol. The minimum absolute atomic E-state index is 0. The maximum absolute atomic E-state index is 13.0. The molecule has 1 saturated heterocycles. The third-order valence-electron chi connectivity index (χ3n) is 3.37. The maximum atomic E-state index is 13.0. The molecule has 1 amide bonds. The number of carbonyl (C=O) groups excluding carboxylic acids is 1. The van der Waals surface area contributed by atoms with Gasteiger partial charge >= 0.3 is 0 Å². The van der Waals surface area contributed by atoms with E-state index in [4.69, 9.17) is 16.3 Å². The lowest BCUT2D eigenvalue weighted by atomic mass is 10.00. The van der Waals surface area contributed by atoms with Crippen molar-refractivity contribution in [3.8, 4) is 5.75 Å². The predicted octanol–water partition coefficient (Wildman–Crippen LogP) is 2.54. The van der Waals surface area contributed by atoms with E-state index in [1.165, 1.54) is 18.2 Å². The van der Waals surface area contributed by atoms with E-state index >= 15 is 0 Å². The van der Waals surface area contributed by atoms with Gasteiger partial charge in [-0.05, 0) is 38.4 Å². The molecule has 7 heteroatoms. The second-order valence-corrected chi connectivity index (χ2v) is 5.33. The summed E-state index contributed by atoms with van der Waals surface area (Å²) in [6.07, 6.45) is 2.01. The molecule has 2 N–H and O–H groups in total. The molecule has 4 nitrogen and oxygen atoms in total. The average Bonchev–Trinajstić information content (AvgIpc) is 2.43. The first-order valence-corrected chi connectivity index (χ1v) is 7.04. The molecule has 0 aromatic heterocycles. The number of nitrogens with one attached hydrogen (secondary N) is 2. The second-order valence-electron chi connectivity index (χ2n) is 4.92. The van der Waals surface area contributed by atoms with Crippen molar-refractivity contribution in [3.63, 3.8) is 0 Å². The van der Waals surface area contributed by atoms with Crippen LogP contribution in [0.1, 0.15) is 19.8 Å². The Bertz CT molecular complexity index is 488.